The van der Waals surface area contributed by atoms with Gasteiger partial charge in [0.2, 0.25) is 0 Å². The van der Waals surface area contributed by atoms with Gasteiger partial charge >= 0.3 is 17.9 Å². The molecular weight excluding hydrogens is 949 g/mol. The molecule has 436 valence electrons. The third-order valence-corrected chi connectivity index (χ3v) is 13.2. The highest BCUT2D eigenvalue weighted by Gasteiger charge is 2.19. The van der Waals surface area contributed by atoms with Crippen LogP contribution in [-0.4, -0.2) is 37.2 Å². The average molecular weight is 1070 g/mol. The Kier molecular flexibility index (Phi) is 60.4. The Bertz CT molecular complexity index is 1650. The fourth-order valence-electron chi connectivity index (χ4n) is 8.48. The summed E-state index contributed by atoms with van der Waals surface area (Å²) in [6.45, 7) is 6.37. The molecule has 1 unspecified atom stereocenters. The highest BCUT2D eigenvalue weighted by molar-refractivity contribution is 5.71. The van der Waals surface area contributed by atoms with Crippen LogP contribution in [0.3, 0.4) is 0 Å². The van der Waals surface area contributed by atoms with Crippen molar-refractivity contribution in [2.45, 2.75) is 284 Å². The first kappa shape index (κ1) is 72.5. The maximum absolute atomic E-state index is 12.9. The second-order valence-electron chi connectivity index (χ2n) is 20.6. The van der Waals surface area contributed by atoms with Crippen LogP contribution in [0.2, 0.25) is 0 Å². The molecule has 0 saturated heterocycles. The van der Waals surface area contributed by atoms with Crippen molar-refractivity contribution in [1.82, 2.24) is 0 Å². The van der Waals surface area contributed by atoms with Crippen molar-refractivity contribution in [3.8, 4) is 0 Å². The van der Waals surface area contributed by atoms with Crippen LogP contribution < -0.4 is 0 Å². The molecule has 0 aromatic rings. The van der Waals surface area contributed by atoms with Gasteiger partial charge in [0.15, 0.2) is 6.10 Å². The van der Waals surface area contributed by atoms with Gasteiger partial charge in [0.05, 0.1) is 0 Å². The molecule has 0 heterocycles. The molecule has 0 aromatic carbocycles. The zero-order chi connectivity index (χ0) is 55.7. The zero-order valence-electron chi connectivity index (χ0n) is 49.9. The van der Waals surface area contributed by atoms with Gasteiger partial charge in [0, 0.05) is 19.3 Å². The van der Waals surface area contributed by atoms with Crippen LogP contribution in [0.1, 0.15) is 278 Å². The van der Waals surface area contributed by atoms with Crippen molar-refractivity contribution in [2.75, 3.05) is 13.2 Å². The molecule has 0 aliphatic carbocycles. The van der Waals surface area contributed by atoms with Gasteiger partial charge in [-0.3, -0.25) is 14.4 Å². The van der Waals surface area contributed by atoms with Crippen LogP contribution >= 0.6 is 0 Å². The van der Waals surface area contributed by atoms with E-state index >= 15 is 0 Å². The summed E-state index contributed by atoms with van der Waals surface area (Å²) in [5.41, 5.74) is 0. The Labute approximate surface area is 475 Å². The summed E-state index contributed by atoms with van der Waals surface area (Å²) in [6.07, 6.45) is 90.3. The molecule has 0 amide bonds. The van der Waals surface area contributed by atoms with E-state index in [9.17, 15) is 14.4 Å². The Hall–Kier alpha value is -4.45. The van der Waals surface area contributed by atoms with Crippen molar-refractivity contribution in [3.05, 3.63) is 134 Å². The van der Waals surface area contributed by atoms with E-state index in [1.54, 1.807) is 0 Å². The summed E-state index contributed by atoms with van der Waals surface area (Å²) in [7, 11) is 0. The van der Waals surface area contributed by atoms with Crippen LogP contribution in [0.4, 0.5) is 0 Å². The largest absolute Gasteiger partial charge is 0.462 e. The zero-order valence-corrected chi connectivity index (χ0v) is 49.9. The van der Waals surface area contributed by atoms with Crippen molar-refractivity contribution in [1.29, 1.82) is 0 Å². The number of carbonyl (C=O) groups excluding carboxylic acids is 3. The van der Waals surface area contributed by atoms with Crippen LogP contribution in [-0.2, 0) is 28.6 Å². The minimum Gasteiger partial charge on any atom is -0.462 e. The maximum Gasteiger partial charge on any atom is 0.306 e. The molecule has 1 atom stereocenters. The summed E-state index contributed by atoms with van der Waals surface area (Å²) in [6, 6.07) is 0. The highest BCUT2D eigenvalue weighted by Crippen LogP contribution is 2.15. The molecule has 6 heteroatoms. The normalized spacial score (nSPS) is 13.0. The van der Waals surface area contributed by atoms with E-state index in [0.29, 0.717) is 19.3 Å². The SMILES string of the molecule is CC/C=C\C/C=C\C/C=C\C/C=C\C/C=C\C/C=C\C/C=C\CCCC(=O)OC(COC(=O)CCCCCCCCCCCCC)COC(=O)CCCCCCCCCCCCCC/C=C\C/C=C\C/C=C\C/C=C\CC. The topological polar surface area (TPSA) is 78.9 Å². The lowest BCUT2D eigenvalue weighted by Crippen LogP contribution is -2.30. The van der Waals surface area contributed by atoms with Gasteiger partial charge in [-0.25, -0.2) is 0 Å². The average Bonchev–Trinajstić information content (AvgIpc) is 3.43. The lowest BCUT2D eigenvalue weighted by Gasteiger charge is -2.18. The molecule has 0 aliphatic heterocycles. The Morgan fingerprint density at radius 3 is 0.831 bits per heavy atom. The molecular formula is C71H116O6. The quantitative estimate of drug-likeness (QED) is 0.0261. The number of unbranched alkanes of at least 4 members (excludes halogenated alkanes) is 23. The van der Waals surface area contributed by atoms with E-state index in [2.05, 4.69) is 154 Å². The van der Waals surface area contributed by atoms with Crippen molar-refractivity contribution in [3.63, 3.8) is 0 Å². The number of esters is 3. The fraction of sp³-hybridized carbons (Fsp3) is 0.648. The minimum atomic E-state index is -0.813. The predicted octanol–water partition coefficient (Wildman–Crippen LogP) is 21.8. The number of rotatable bonds is 56. The predicted molar refractivity (Wildman–Crippen MR) is 334 cm³/mol. The molecule has 0 saturated carbocycles. The van der Waals surface area contributed by atoms with E-state index in [-0.39, 0.29) is 37.5 Å². The summed E-state index contributed by atoms with van der Waals surface area (Å²) < 4.78 is 16.8. The van der Waals surface area contributed by atoms with Gasteiger partial charge < -0.3 is 14.2 Å². The molecule has 77 heavy (non-hydrogen) atoms. The standard InChI is InChI=1S/C71H116O6/c1-4-7-10-13-16-19-22-24-26-28-30-32-34-35-37-38-40-42-44-46-49-52-55-58-61-64-70(73)76-67-68(66-75-69(72)63-60-57-54-51-48-21-18-15-12-9-6-3)77-71(74)65-62-59-56-53-50-47-45-43-41-39-36-33-31-29-27-25-23-20-17-14-11-8-5-2/h7-8,10-11,16-17,19-20,24-27,30-33,39,41,45,47,53,56,68H,4-6,9,12-15,18,21-23,28-29,34-38,40,42-44,46,48-52,54-55,57-67H2,1-3H3/b10-7-,11-8-,19-16-,20-17-,26-24-,27-25-,32-30-,33-31-,41-39-,47-45-,56-53-. The summed E-state index contributed by atoms with van der Waals surface area (Å²) in [5.74, 6) is -0.963. The number of carbonyl (C=O) groups is 3. The lowest BCUT2D eigenvalue weighted by molar-refractivity contribution is -0.167. The molecule has 0 radical (unpaired) electrons. The number of hydrogen-bond acceptors (Lipinski definition) is 6. The van der Waals surface area contributed by atoms with Crippen LogP contribution in [0.25, 0.3) is 0 Å². The van der Waals surface area contributed by atoms with Crippen molar-refractivity contribution < 1.29 is 28.6 Å². The lowest BCUT2D eigenvalue weighted by atomic mass is 10.0. The third-order valence-electron chi connectivity index (χ3n) is 13.2. The molecule has 0 spiro atoms. The molecule has 0 N–H and O–H groups in total. The van der Waals surface area contributed by atoms with E-state index in [1.165, 1.54) is 116 Å². The van der Waals surface area contributed by atoms with E-state index < -0.39 is 6.10 Å². The molecule has 0 bridgehead atoms. The van der Waals surface area contributed by atoms with E-state index in [4.69, 9.17) is 14.2 Å². The molecule has 0 aliphatic rings. The summed E-state index contributed by atoms with van der Waals surface area (Å²) in [4.78, 5) is 38.2. The van der Waals surface area contributed by atoms with E-state index in [0.717, 1.165) is 116 Å². The minimum absolute atomic E-state index is 0.103. The maximum atomic E-state index is 12.9. The third kappa shape index (κ3) is 62.3. The van der Waals surface area contributed by atoms with Crippen LogP contribution in [0.15, 0.2) is 134 Å². The highest BCUT2D eigenvalue weighted by atomic mass is 16.6. The molecule has 6 nitrogen and oxygen atoms in total. The summed E-state index contributed by atoms with van der Waals surface area (Å²) >= 11 is 0. The smallest absolute Gasteiger partial charge is 0.306 e. The van der Waals surface area contributed by atoms with Gasteiger partial charge in [-0.2, -0.15) is 0 Å². The first-order valence-corrected chi connectivity index (χ1v) is 31.7. The monoisotopic (exact) mass is 1060 g/mol. The van der Waals surface area contributed by atoms with Gasteiger partial charge in [0.1, 0.15) is 13.2 Å². The summed E-state index contributed by atoms with van der Waals surface area (Å²) in [5, 5.41) is 0. The molecule has 0 aromatic heterocycles. The van der Waals surface area contributed by atoms with Gasteiger partial charge in [-0.15, -0.1) is 0 Å². The van der Waals surface area contributed by atoms with Gasteiger partial charge in [-0.05, 0) is 109 Å². The van der Waals surface area contributed by atoms with Gasteiger partial charge in [-0.1, -0.05) is 283 Å². The van der Waals surface area contributed by atoms with Crippen LogP contribution in [0, 0.1) is 0 Å². The second kappa shape index (κ2) is 64.1. The second-order valence-corrected chi connectivity index (χ2v) is 20.6. The Balaban J connectivity index is 4.39. The van der Waals surface area contributed by atoms with Crippen LogP contribution in [0.5, 0.6) is 0 Å². The van der Waals surface area contributed by atoms with Gasteiger partial charge in [0.25, 0.3) is 0 Å². The van der Waals surface area contributed by atoms with E-state index in [1.807, 2.05) is 0 Å². The number of allylic oxidation sites excluding steroid dienone is 22. The van der Waals surface area contributed by atoms with Crippen molar-refractivity contribution >= 4 is 17.9 Å². The fourth-order valence-corrected chi connectivity index (χ4v) is 8.48. The Morgan fingerprint density at radius 2 is 0.519 bits per heavy atom. The Morgan fingerprint density at radius 1 is 0.273 bits per heavy atom. The number of ether oxygens (including phenoxy) is 3. The molecule has 0 fully saturated rings. The molecule has 0 rings (SSSR count). The first-order valence-electron chi connectivity index (χ1n) is 31.7. The first-order chi connectivity index (χ1) is 38.0. The van der Waals surface area contributed by atoms with Crippen molar-refractivity contribution in [2.24, 2.45) is 0 Å². The number of hydrogen-bond donors (Lipinski definition) is 0.